The second kappa shape index (κ2) is 5.50. The van der Waals surface area contributed by atoms with Crippen molar-refractivity contribution in [2.45, 2.75) is 5.92 Å². The first-order valence-electron chi connectivity index (χ1n) is 3.37. The summed E-state index contributed by atoms with van der Waals surface area (Å²) in [5.74, 6) is -7.59. The van der Waals surface area contributed by atoms with Crippen LogP contribution in [0.4, 0.5) is 13.2 Å². The summed E-state index contributed by atoms with van der Waals surface area (Å²) in [4.78, 5) is 21.0. The number of carbonyl (C=O) groups excluding carboxylic acids is 2. The van der Waals surface area contributed by atoms with E-state index in [0.717, 1.165) is 0 Å². The Morgan fingerprint density at radius 3 is 1.60 bits per heavy atom. The van der Waals surface area contributed by atoms with Crippen LogP contribution in [0.15, 0.2) is 25.3 Å². The first-order valence-corrected chi connectivity index (χ1v) is 4.54. The summed E-state index contributed by atoms with van der Waals surface area (Å²) in [5, 5.41) is 0. The second-order valence-corrected chi connectivity index (χ2v) is 3.34. The summed E-state index contributed by atoms with van der Waals surface area (Å²) >= 11 is 0. The molecule has 0 aromatic heterocycles. The normalized spacial score (nSPS) is 10.7. The van der Waals surface area contributed by atoms with Gasteiger partial charge in [0.1, 0.15) is 0 Å². The van der Waals surface area contributed by atoms with E-state index in [1.54, 1.807) is 0 Å². The molecule has 0 aromatic rings. The Morgan fingerprint density at radius 1 is 1.07 bits per heavy atom. The Labute approximate surface area is 84.3 Å². The summed E-state index contributed by atoms with van der Waals surface area (Å²) in [6.07, 6.45) is 1.06. The topological polar surface area (TPSA) is 52.6 Å². The SMILES string of the molecule is C=CC(=O)OP(OC(=O)C=C)C(F)(F)F. The van der Waals surface area contributed by atoms with Gasteiger partial charge in [0, 0.05) is 12.2 Å². The molecule has 15 heavy (non-hydrogen) atoms. The van der Waals surface area contributed by atoms with Gasteiger partial charge >= 0.3 is 26.2 Å². The molecule has 8 heteroatoms. The van der Waals surface area contributed by atoms with Crippen molar-refractivity contribution in [1.29, 1.82) is 0 Å². The third-order valence-electron chi connectivity index (χ3n) is 0.886. The first-order chi connectivity index (χ1) is 6.81. The lowest BCUT2D eigenvalue weighted by Crippen LogP contribution is -2.14. The van der Waals surface area contributed by atoms with Crippen LogP contribution >= 0.6 is 8.38 Å². The quantitative estimate of drug-likeness (QED) is 0.560. The molecule has 0 aliphatic rings. The minimum atomic E-state index is -4.94. The largest absolute Gasteiger partial charge is 0.484 e. The van der Waals surface area contributed by atoms with E-state index in [4.69, 9.17) is 0 Å². The van der Waals surface area contributed by atoms with Crippen molar-refractivity contribution in [2.75, 3.05) is 0 Å². The fourth-order valence-corrected chi connectivity index (χ4v) is 1.08. The summed E-state index contributed by atoms with van der Waals surface area (Å²) in [7, 11) is -3.63. The Morgan fingerprint density at radius 2 is 1.40 bits per heavy atom. The van der Waals surface area contributed by atoms with Crippen molar-refractivity contribution in [1.82, 2.24) is 0 Å². The van der Waals surface area contributed by atoms with Crippen molar-refractivity contribution in [3.05, 3.63) is 25.3 Å². The maximum atomic E-state index is 12.1. The van der Waals surface area contributed by atoms with Crippen LogP contribution in [0.5, 0.6) is 0 Å². The van der Waals surface area contributed by atoms with E-state index >= 15 is 0 Å². The molecular weight excluding hydrogens is 236 g/mol. The van der Waals surface area contributed by atoms with Gasteiger partial charge in [-0.25, -0.2) is 9.59 Å². The third kappa shape index (κ3) is 5.17. The van der Waals surface area contributed by atoms with Crippen molar-refractivity contribution >= 4 is 20.3 Å². The van der Waals surface area contributed by atoms with E-state index < -0.39 is 26.2 Å². The predicted octanol–water partition coefficient (Wildman–Crippen LogP) is 2.28. The number of carbonyl (C=O) groups is 2. The molecule has 0 aromatic carbocycles. The van der Waals surface area contributed by atoms with Crippen LogP contribution in [0.1, 0.15) is 0 Å². The standard InChI is InChI=1S/C7H6F3O4P/c1-3-5(11)13-15(7(8,9)10)14-6(12)4-2/h3-4H,1-2H2. The van der Waals surface area contributed by atoms with Gasteiger partial charge in [-0.1, -0.05) is 13.2 Å². The molecule has 0 fully saturated rings. The molecule has 0 N–H and O–H groups in total. The molecule has 0 aliphatic heterocycles. The average Bonchev–Trinajstić information content (AvgIpc) is 2.14. The number of hydrogen-bond donors (Lipinski definition) is 0. The lowest BCUT2D eigenvalue weighted by atomic mass is 10.7. The van der Waals surface area contributed by atoms with E-state index in [0.29, 0.717) is 12.2 Å². The van der Waals surface area contributed by atoms with Gasteiger partial charge < -0.3 is 9.05 Å². The summed E-state index contributed by atoms with van der Waals surface area (Å²) in [6, 6.07) is 0. The van der Waals surface area contributed by atoms with Crippen molar-refractivity contribution in [2.24, 2.45) is 0 Å². The van der Waals surface area contributed by atoms with Crippen LogP contribution in [0.2, 0.25) is 0 Å². The van der Waals surface area contributed by atoms with E-state index in [9.17, 15) is 22.8 Å². The van der Waals surface area contributed by atoms with Crippen molar-refractivity contribution < 1.29 is 31.8 Å². The molecule has 0 saturated heterocycles. The highest BCUT2D eigenvalue weighted by molar-refractivity contribution is 7.49. The molecule has 0 spiro atoms. The Balaban J connectivity index is 4.59. The molecule has 84 valence electrons. The highest BCUT2D eigenvalue weighted by Crippen LogP contribution is 2.55. The molecule has 0 amide bonds. The van der Waals surface area contributed by atoms with E-state index in [1.807, 2.05) is 0 Å². The fourth-order valence-electron chi connectivity index (χ4n) is 0.360. The lowest BCUT2D eigenvalue weighted by molar-refractivity contribution is -0.137. The van der Waals surface area contributed by atoms with Gasteiger partial charge in [-0.2, -0.15) is 13.2 Å². The number of rotatable bonds is 4. The Hall–Kier alpha value is -1.36. The van der Waals surface area contributed by atoms with E-state index in [2.05, 4.69) is 22.2 Å². The minimum absolute atomic E-state index is 0.531. The van der Waals surface area contributed by atoms with E-state index in [-0.39, 0.29) is 0 Å². The zero-order valence-electron chi connectivity index (χ0n) is 7.28. The minimum Gasteiger partial charge on any atom is -0.397 e. The number of halogens is 3. The van der Waals surface area contributed by atoms with Crippen LogP contribution in [0, 0.1) is 0 Å². The highest BCUT2D eigenvalue weighted by atomic mass is 31.2. The molecular formula is C7H6F3O4P. The van der Waals surface area contributed by atoms with Gasteiger partial charge in [0.2, 0.25) is 0 Å². The van der Waals surface area contributed by atoms with Gasteiger partial charge in [0.05, 0.1) is 0 Å². The highest BCUT2D eigenvalue weighted by Gasteiger charge is 2.48. The van der Waals surface area contributed by atoms with Crippen LogP contribution in [0.25, 0.3) is 0 Å². The van der Waals surface area contributed by atoms with Gasteiger partial charge in [-0.05, 0) is 0 Å². The zero-order chi connectivity index (χ0) is 12.1. The lowest BCUT2D eigenvalue weighted by Gasteiger charge is -2.16. The smallest absolute Gasteiger partial charge is 0.397 e. The summed E-state index contributed by atoms with van der Waals surface area (Å²) in [6.45, 7) is 5.81. The van der Waals surface area contributed by atoms with Crippen molar-refractivity contribution in [3.63, 3.8) is 0 Å². The molecule has 0 atom stereocenters. The van der Waals surface area contributed by atoms with Gasteiger partial charge in [-0.15, -0.1) is 0 Å². The number of hydrogen-bond acceptors (Lipinski definition) is 4. The van der Waals surface area contributed by atoms with Crippen LogP contribution in [-0.2, 0) is 18.6 Å². The first kappa shape index (κ1) is 13.6. The molecule has 0 aliphatic carbocycles. The molecule has 0 unspecified atom stereocenters. The Kier molecular flexibility index (Phi) is 5.00. The fraction of sp³-hybridized carbons (Fsp3) is 0.143. The maximum Gasteiger partial charge on any atom is 0.484 e. The molecule has 0 heterocycles. The summed E-state index contributed by atoms with van der Waals surface area (Å²) in [5.41, 5.74) is 0. The molecule has 0 rings (SSSR count). The molecule has 0 saturated carbocycles. The number of alkyl halides is 3. The van der Waals surface area contributed by atoms with Crippen LogP contribution < -0.4 is 0 Å². The Bertz CT molecular complexity index is 264. The third-order valence-corrected chi connectivity index (χ3v) is 1.99. The summed E-state index contributed by atoms with van der Waals surface area (Å²) < 4.78 is 44.0. The zero-order valence-corrected chi connectivity index (χ0v) is 8.18. The van der Waals surface area contributed by atoms with Gasteiger partial charge in [-0.3, -0.25) is 0 Å². The molecule has 4 nitrogen and oxygen atoms in total. The predicted molar refractivity (Wildman–Crippen MR) is 45.6 cm³/mol. The average molecular weight is 242 g/mol. The molecule has 0 radical (unpaired) electrons. The van der Waals surface area contributed by atoms with Gasteiger partial charge in [0.15, 0.2) is 0 Å². The van der Waals surface area contributed by atoms with Gasteiger partial charge in [0.25, 0.3) is 0 Å². The van der Waals surface area contributed by atoms with Crippen molar-refractivity contribution in [3.8, 4) is 0 Å². The van der Waals surface area contributed by atoms with Crippen LogP contribution in [0.3, 0.4) is 0 Å². The molecule has 0 bridgehead atoms. The monoisotopic (exact) mass is 242 g/mol. The second-order valence-electron chi connectivity index (χ2n) is 1.95. The van der Waals surface area contributed by atoms with Crippen LogP contribution in [-0.4, -0.2) is 17.9 Å². The maximum absolute atomic E-state index is 12.1. The van der Waals surface area contributed by atoms with E-state index in [1.165, 1.54) is 0 Å².